The van der Waals surface area contributed by atoms with Crippen molar-refractivity contribution in [1.82, 2.24) is 9.78 Å². The summed E-state index contributed by atoms with van der Waals surface area (Å²) in [5.41, 5.74) is 1.55. The minimum absolute atomic E-state index is 0.569. The van der Waals surface area contributed by atoms with Gasteiger partial charge in [0.15, 0.2) is 0 Å². The smallest absolute Gasteiger partial charge is 0.0697 e. The van der Waals surface area contributed by atoms with Crippen molar-refractivity contribution in [3.8, 4) is 0 Å². The Labute approximate surface area is 85.8 Å². The van der Waals surface area contributed by atoms with Crippen molar-refractivity contribution in [2.24, 2.45) is 7.05 Å². The van der Waals surface area contributed by atoms with E-state index in [4.69, 9.17) is 0 Å². The Kier molecular flexibility index (Phi) is 3.32. The van der Waals surface area contributed by atoms with Crippen molar-refractivity contribution in [2.45, 2.75) is 45.6 Å². The fraction of sp³-hybridized carbons (Fsp3) is 0.727. The van der Waals surface area contributed by atoms with Crippen LogP contribution in [0.1, 0.15) is 38.1 Å². The minimum atomic E-state index is -0.569. The molecule has 1 rings (SSSR count). The molecule has 0 aliphatic rings. The van der Waals surface area contributed by atoms with E-state index in [-0.39, 0.29) is 0 Å². The summed E-state index contributed by atoms with van der Waals surface area (Å²) in [6.07, 6.45) is 2.26. The van der Waals surface area contributed by atoms with Crippen molar-refractivity contribution in [2.75, 3.05) is 0 Å². The molecule has 1 aromatic heterocycles. The summed E-state index contributed by atoms with van der Waals surface area (Å²) in [7, 11) is 1.92. The standard InChI is InChI=1S/C11H20N2O/c1-5-11(14,6-2)8-10-7-9(3)12-13(10)4/h7,14H,5-6,8H2,1-4H3. The molecule has 1 N–H and O–H groups in total. The molecule has 0 saturated heterocycles. The highest BCUT2D eigenvalue weighted by Crippen LogP contribution is 2.20. The van der Waals surface area contributed by atoms with Crippen LogP contribution in [0.15, 0.2) is 6.07 Å². The second-order valence-electron chi connectivity index (χ2n) is 4.01. The molecule has 0 aromatic carbocycles. The number of hydrogen-bond acceptors (Lipinski definition) is 2. The molecule has 0 radical (unpaired) electrons. The molecule has 0 atom stereocenters. The van der Waals surface area contributed by atoms with Gasteiger partial charge in [0, 0.05) is 19.2 Å². The molecule has 0 aliphatic heterocycles. The van der Waals surface area contributed by atoms with Gasteiger partial charge in [-0.25, -0.2) is 0 Å². The molecule has 0 saturated carbocycles. The minimum Gasteiger partial charge on any atom is -0.390 e. The Morgan fingerprint density at radius 2 is 2.00 bits per heavy atom. The molecule has 0 unspecified atom stereocenters. The molecule has 3 nitrogen and oxygen atoms in total. The molecule has 3 heteroatoms. The predicted octanol–water partition coefficient (Wildman–Crippen LogP) is 1.82. The summed E-state index contributed by atoms with van der Waals surface area (Å²) in [6, 6.07) is 2.04. The summed E-state index contributed by atoms with van der Waals surface area (Å²) < 4.78 is 1.85. The molecule has 0 bridgehead atoms. The zero-order valence-corrected chi connectivity index (χ0v) is 9.54. The molecule has 0 fully saturated rings. The van der Waals surface area contributed by atoms with Gasteiger partial charge >= 0.3 is 0 Å². The van der Waals surface area contributed by atoms with Crippen molar-refractivity contribution in [3.63, 3.8) is 0 Å². The molecular weight excluding hydrogens is 176 g/mol. The van der Waals surface area contributed by atoms with Crippen LogP contribution in [0.2, 0.25) is 0 Å². The first-order valence-corrected chi connectivity index (χ1v) is 5.22. The van der Waals surface area contributed by atoms with E-state index in [9.17, 15) is 5.11 Å². The first-order chi connectivity index (χ1) is 6.50. The third kappa shape index (κ3) is 2.35. The lowest BCUT2D eigenvalue weighted by atomic mass is 9.92. The van der Waals surface area contributed by atoms with Crippen LogP contribution in [0.5, 0.6) is 0 Å². The third-order valence-corrected chi connectivity index (χ3v) is 2.93. The summed E-state index contributed by atoms with van der Waals surface area (Å²) in [5.74, 6) is 0. The lowest BCUT2D eigenvalue weighted by Gasteiger charge is -2.24. The van der Waals surface area contributed by atoms with Crippen LogP contribution in [-0.2, 0) is 13.5 Å². The Morgan fingerprint density at radius 1 is 1.43 bits per heavy atom. The van der Waals surface area contributed by atoms with Gasteiger partial charge in [-0.1, -0.05) is 13.8 Å². The van der Waals surface area contributed by atoms with E-state index in [0.29, 0.717) is 6.42 Å². The molecule has 1 heterocycles. The lowest BCUT2D eigenvalue weighted by Crippen LogP contribution is -2.30. The third-order valence-electron chi connectivity index (χ3n) is 2.93. The Bertz CT molecular complexity index is 300. The van der Waals surface area contributed by atoms with Gasteiger partial charge < -0.3 is 5.11 Å². The number of aliphatic hydroxyl groups is 1. The molecule has 14 heavy (non-hydrogen) atoms. The van der Waals surface area contributed by atoms with Gasteiger partial charge in [0.25, 0.3) is 0 Å². The quantitative estimate of drug-likeness (QED) is 0.797. The molecule has 0 amide bonds. The van der Waals surface area contributed by atoms with Crippen LogP contribution in [0, 0.1) is 6.92 Å². The van der Waals surface area contributed by atoms with E-state index < -0.39 is 5.60 Å². The molecule has 0 aliphatic carbocycles. The monoisotopic (exact) mass is 196 g/mol. The van der Waals surface area contributed by atoms with Gasteiger partial charge in [-0.3, -0.25) is 4.68 Å². The average molecular weight is 196 g/mol. The van der Waals surface area contributed by atoms with Crippen LogP contribution >= 0.6 is 0 Å². The van der Waals surface area contributed by atoms with E-state index in [2.05, 4.69) is 5.10 Å². The van der Waals surface area contributed by atoms with Gasteiger partial charge in [-0.05, 0) is 25.8 Å². The van der Waals surface area contributed by atoms with Crippen molar-refractivity contribution in [3.05, 3.63) is 17.5 Å². The molecule has 0 spiro atoms. The highest BCUT2D eigenvalue weighted by molar-refractivity contribution is 5.11. The van der Waals surface area contributed by atoms with Gasteiger partial charge in [0.05, 0.1) is 11.3 Å². The number of hydrogen-bond donors (Lipinski definition) is 1. The fourth-order valence-corrected chi connectivity index (χ4v) is 1.67. The van der Waals surface area contributed by atoms with Crippen LogP contribution in [0.25, 0.3) is 0 Å². The average Bonchev–Trinajstić information content (AvgIpc) is 2.45. The number of nitrogens with zero attached hydrogens (tertiary/aromatic N) is 2. The largest absolute Gasteiger partial charge is 0.390 e. The molecule has 80 valence electrons. The fourth-order valence-electron chi connectivity index (χ4n) is 1.67. The zero-order valence-electron chi connectivity index (χ0n) is 9.54. The van der Waals surface area contributed by atoms with Crippen LogP contribution in [0.4, 0.5) is 0 Å². The van der Waals surface area contributed by atoms with Crippen LogP contribution in [-0.4, -0.2) is 20.5 Å². The van der Waals surface area contributed by atoms with E-state index >= 15 is 0 Å². The Morgan fingerprint density at radius 3 is 2.36 bits per heavy atom. The zero-order chi connectivity index (χ0) is 10.8. The van der Waals surface area contributed by atoms with Crippen molar-refractivity contribution < 1.29 is 5.11 Å². The van der Waals surface area contributed by atoms with Crippen LogP contribution < -0.4 is 0 Å². The maximum absolute atomic E-state index is 10.2. The van der Waals surface area contributed by atoms with E-state index in [1.807, 2.05) is 38.6 Å². The number of aromatic nitrogens is 2. The lowest BCUT2D eigenvalue weighted by molar-refractivity contribution is 0.0309. The summed E-state index contributed by atoms with van der Waals surface area (Å²) in [6.45, 7) is 6.01. The maximum Gasteiger partial charge on any atom is 0.0697 e. The van der Waals surface area contributed by atoms with E-state index in [0.717, 1.165) is 24.2 Å². The molecular formula is C11H20N2O. The van der Waals surface area contributed by atoms with Crippen molar-refractivity contribution in [1.29, 1.82) is 0 Å². The van der Waals surface area contributed by atoms with Gasteiger partial charge in [-0.15, -0.1) is 0 Å². The Balaban J connectivity index is 2.81. The highest BCUT2D eigenvalue weighted by atomic mass is 16.3. The van der Waals surface area contributed by atoms with Crippen molar-refractivity contribution >= 4 is 0 Å². The van der Waals surface area contributed by atoms with Crippen LogP contribution in [0.3, 0.4) is 0 Å². The Hall–Kier alpha value is -0.830. The normalized spacial score (nSPS) is 12.1. The summed E-state index contributed by atoms with van der Waals surface area (Å²) in [5, 5.41) is 14.4. The second-order valence-corrected chi connectivity index (χ2v) is 4.01. The van der Waals surface area contributed by atoms with E-state index in [1.165, 1.54) is 0 Å². The van der Waals surface area contributed by atoms with Gasteiger partial charge in [0.2, 0.25) is 0 Å². The summed E-state index contributed by atoms with van der Waals surface area (Å²) in [4.78, 5) is 0. The topological polar surface area (TPSA) is 38.1 Å². The second kappa shape index (κ2) is 4.13. The summed E-state index contributed by atoms with van der Waals surface area (Å²) >= 11 is 0. The van der Waals surface area contributed by atoms with Gasteiger partial charge in [-0.2, -0.15) is 5.10 Å². The first-order valence-electron chi connectivity index (χ1n) is 5.22. The first kappa shape index (κ1) is 11.2. The highest BCUT2D eigenvalue weighted by Gasteiger charge is 2.24. The van der Waals surface area contributed by atoms with Gasteiger partial charge in [0.1, 0.15) is 0 Å². The SMILES string of the molecule is CCC(O)(CC)Cc1cc(C)nn1C. The molecule has 1 aromatic rings. The van der Waals surface area contributed by atoms with E-state index in [1.54, 1.807) is 0 Å². The predicted molar refractivity (Wildman–Crippen MR) is 57.2 cm³/mol. The number of aryl methyl sites for hydroxylation is 2. The maximum atomic E-state index is 10.2. The number of rotatable bonds is 4.